The molecule has 1 aromatic carbocycles. The van der Waals surface area contributed by atoms with E-state index in [1.165, 1.54) is 6.07 Å². The number of carbonyl (C=O) groups is 1. The highest BCUT2D eigenvalue weighted by Gasteiger charge is 2.31. The number of aliphatic carboxylic acids is 1. The van der Waals surface area contributed by atoms with Gasteiger partial charge >= 0.3 is 12.1 Å². The van der Waals surface area contributed by atoms with Gasteiger partial charge in [-0.25, -0.2) is 0 Å². The molecule has 0 heterocycles. The quantitative estimate of drug-likeness (QED) is 0.822. The zero-order chi connectivity index (χ0) is 13.9. The highest BCUT2D eigenvalue weighted by molar-refractivity contribution is 9.10. The number of rotatable bonds is 4. The summed E-state index contributed by atoms with van der Waals surface area (Å²) in [6.07, 6.45) is -4.00. The van der Waals surface area contributed by atoms with Crippen LogP contribution in [0.4, 0.5) is 13.2 Å². The average Bonchev–Trinajstić information content (AvgIpc) is 2.25. The van der Waals surface area contributed by atoms with Crippen LogP contribution in [-0.2, 0) is 11.0 Å². The Labute approximate surface area is 115 Å². The smallest absolute Gasteiger partial charge is 0.416 e. The number of thioether (sulfide) groups is 1. The lowest BCUT2D eigenvalue weighted by atomic mass is 10.2. The van der Waals surface area contributed by atoms with E-state index in [4.69, 9.17) is 5.11 Å². The van der Waals surface area contributed by atoms with Gasteiger partial charge in [0, 0.05) is 9.37 Å². The topological polar surface area (TPSA) is 37.3 Å². The van der Waals surface area contributed by atoms with Crippen molar-refractivity contribution in [1.29, 1.82) is 0 Å². The Morgan fingerprint density at radius 2 is 2.11 bits per heavy atom. The molecule has 0 aliphatic carbocycles. The zero-order valence-electron chi connectivity index (χ0n) is 9.29. The minimum atomic E-state index is -4.40. The van der Waals surface area contributed by atoms with Crippen LogP contribution in [0.1, 0.15) is 18.9 Å². The number of halogens is 4. The summed E-state index contributed by atoms with van der Waals surface area (Å²) >= 11 is 4.06. The Hall–Kier alpha value is -0.690. The summed E-state index contributed by atoms with van der Waals surface area (Å²) in [5.41, 5.74) is -0.762. The van der Waals surface area contributed by atoms with Gasteiger partial charge in [-0.05, 0) is 40.5 Å². The SMILES string of the molecule is CCC(Sc1ccc(C(F)(F)F)cc1Br)C(=O)O. The molecular formula is C11H10BrF3O2S. The monoisotopic (exact) mass is 342 g/mol. The van der Waals surface area contributed by atoms with Crippen LogP contribution in [0.3, 0.4) is 0 Å². The van der Waals surface area contributed by atoms with Crippen molar-refractivity contribution in [2.24, 2.45) is 0 Å². The predicted molar refractivity (Wildman–Crippen MR) is 66.7 cm³/mol. The molecule has 100 valence electrons. The summed E-state index contributed by atoms with van der Waals surface area (Å²) in [4.78, 5) is 11.3. The molecule has 2 nitrogen and oxygen atoms in total. The number of hydrogen-bond acceptors (Lipinski definition) is 2. The van der Waals surface area contributed by atoms with E-state index in [0.29, 0.717) is 11.3 Å². The van der Waals surface area contributed by atoms with Crippen molar-refractivity contribution in [3.05, 3.63) is 28.2 Å². The normalized spacial score (nSPS) is 13.4. The van der Waals surface area contributed by atoms with Crippen LogP contribution in [-0.4, -0.2) is 16.3 Å². The molecule has 7 heteroatoms. The summed E-state index contributed by atoms with van der Waals surface area (Å²) in [7, 11) is 0. The average molecular weight is 343 g/mol. The molecule has 1 atom stereocenters. The van der Waals surface area contributed by atoms with Gasteiger partial charge in [-0.15, -0.1) is 11.8 Å². The van der Waals surface area contributed by atoms with Gasteiger partial charge in [-0.1, -0.05) is 6.92 Å². The lowest BCUT2D eigenvalue weighted by Gasteiger charge is -2.13. The van der Waals surface area contributed by atoms with Crippen LogP contribution in [0.2, 0.25) is 0 Å². The number of benzene rings is 1. The molecule has 18 heavy (non-hydrogen) atoms. The van der Waals surface area contributed by atoms with Crippen molar-refractivity contribution in [3.63, 3.8) is 0 Å². The van der Waals surface area contributed by atoms with E-state index in [2.05, 4.69) is 15.9 Å². The second-order valence-corrected chi connectivity index (χ2v) is 5.59. The Bertz CT molecular complexity index is 448. The van der Waals surface area contributed by atoms with Crippen LogP contribution in [0.25, 0.3) is 0 Å². The predicted octanol–water partition coefficient (Wildman–Crippen LogP) is 4.42. The first-order valence-corrected chi connectivity index (χ1v) is 6.69. The second kappa shape index (κ2) is 5.97. The number of alkyl halides is 3. The number of carboxylic acids is 1. The minimum absolute atomic E-state index is 0.252. The largest absolute Gasteiger partial charge is 0.480 e. The molecule has 1 rings (SSSR count). The zero-order valence-corrected chi connectivity index (χ0v) is 11.7. The van der Waals surface area contributed by atoms with E-state index in [9.17, 15) is 18.0 Å². The molecule has 1 unspecified atom stereocenters. The van der Waals surface area contributed by atoms with E-state index in [-0.39, 0.29) is 4.47 Å². The molecular weight excluding hydrogens is 333 g/mol. The molecule has 0 amide bonds. The van der Waals surface area contributed by atoms with Gasteiger partial charge in [0.15, 0.2) is 0 Å². The molecule has 0 aliphatic heterocycles. The summed E-state index contributed by atoms with van der Waals surface area (Å²) < 4.78 is 37.6. The van der Waals surface area contributed by atoms with Crippen LogP contribution >= 0.6 is 27.7 Å². The van der Waals surface area contributed by atoms with Gasteiger partial charge in [0.05, 0.1) is 5.56 Å². The fourth-order valence-electron chi connectivity index (χ4n) is 1.23. The summed E-state index contributed by atoms with van der Waals surface area (Å²) in [5.74, 6) is -0.978. The maximum atomic E-state index is 12.4. The lowest BCUT2D eigenvalue weighted by molar-refractivity contribution is -0.138. The van der Waals surface area contributed by atoms with Crippen molar-refractivity contribution in [2.75, 3.05) is 0 Å². The first kappa shape index (κ1) is 15.4. The summed E-state index contributed by atoms with van der Waals surface area (Å²) in [6, 6.07) is 3.18. The van der Waals surface area contributed by atoms with Gasteiger partial charge in [-0.2, -0.15) is 13.2 Å². The van der Waals surface area contributed by atoms with Crippen LogP contribution in [0, 0.1) is 0 Å². The third-order valence-electron chi connectivity index (χ3n) is 2.17. The molecule has 0 spiro atoms. The minimum Gasteiger partial charge on any atom is -0.480 e. The van der Waals surface area contributed by atoms with Crippen molar-refractivity contribution in [2.45, 2.75) is 29.7 Å². The number of hydrogen-bond donors (Lipinski definition) is 1. The molecule has 0 radical (unpaired) electrons. The Morgan fingerprint density at radius 1 is 1.50 bits per heavy atom. The maximum absolute atomic E-state index is 12.4. The highest BCUT2D eigenvalue weighted by Crippen LogP contribution is 2.37. The Kier molecular flexibility index (Phi) is 5.10. The molecule has 0 saturated carbocycles. The molecule has 0 saturated heterocycles. The van der Waals surface area contributed by atoms with E-state index < -0.39 is 23.0 Å². The van der Waals surface area contributed by atoms with E-state index in [1.807, 2.05) is 0 Å². The Morgan fingerprint density at radius 3 is 2.50 bits per heavy atom. The van der Waals surface area contributed by atoms with E-state index >= 15 is 0 Å². The summed E-state index contributed by atoms with van der Waals surface area (Å²) in [6.45, 7) is 1.71. The molecule has 0 aromatic heterocycles. The third kappa shape index (κ3) is 3.91. The van der Waals surface area contributed by atoms with Crippen LogP contribution in [0.5, 0.6) is 0 Å². The first-order chi connectivity index (χ1) is 8.25. The van der Waals surface area contributed by atoms with Crippen molar-refractivity contribution in [3.8, 4) is 0 Å². The molecule has 0 bridgehead atoms. The van der Waals surface area contributed by atoms with Gasteiger partial charge in [-0.3, -0.25) is 4.79 Å². The second-order valence-electron chi connectivity index (χ2n) is 3.50. The lowest BCUT2D eigenvalue weighted by Crippen LogP contribution is -2.14. The molecule has 0 aliphatic rings. The summed E-state index contributed by atoms with van der Waals surface area (Å²) in [5, 5.41) is 8.22. The standard InChI is InChI=1S/C11H10BrF3O2S/c1-2-8(10(16)17)18-9-4-3-6(5-7(9)12)11(13,14)15/h3-5,8H,2H2,1H3,(H,16,17). The van der Waals surface area contributed by atoms with Crippen molar-refractivity contribution >= 4 is 33.7 Å². The van der Waals surface area contributed by atoms with Crippen LogP contribution < -0.4 is 0 Å². The van der Waals surface area contributed by atoms with Gasteiger partial charge in [0.2, 0.25) is 0 Å². The highest BCUT2D eigenvalue weighted by atomic mass is 79.9. The maximum Gasteiger partial charge on any atom is 0.416 e. The van der Waals surface area contributed by atoms with Gasteiger partial charge in [0.1, 0.15) is 5.25 Å². The van der Waals surface area contributed by atoms with E-state index in [1.54, 1.807) is 6.92 Å². The molecule has 0 fully saturated rings. The van der Waals surface area contributed by atoms with Crippen molar-refractivity contribution in [1.82, 2.24) is 0 Å². The van der Waals surface area contributed by atoms with Crippen molar-refractivity contribution < 1.29 is 23.1 Å². The molecule has 1 aromatic rings. The van der Waals surface area contributed by atoms with E-state index in [0.717, 1.165) is 23.9 Å². The first-order valence-electron chi connectivity index (χ1n) is 5.02. The fraction of sp³-hybridized carbons (Fsp3) is 0.364. The Balaban J connectivity index is 2.96. The van der Waals surface area contributed by atoms with Gasteiger partial charge in [0.25, 0.3) is 0 Å². The third-order valence-corrected chi connectivity index (χ3v) is 4.52. The fourth-order valence-corrected chi connectivity index (χ4v) is 2.79. The van der Waals surface area contributed by atoms with Crippen LogP contribution in [0.15, 0.2) is 27.6 Å². The number of carboxylic acid groups (broad SMARTS) is 1. The van der Waals surface area contributed by atoms with Gasteiger partial charge < -0.3 is 5.11 Å². The molecule has 1 N–H and O–H groups in total.